The zero-order valence-electron chi connectivity index (χ0n) is 6.30. The van der Waals surface area contributed by atoms with Crippen LogP contribution in [0, 0.1) is 0 Å². The smallest absolute Gasteiger partial charge is 0.0403 e. The molecule has 0 rings (SSSR count). The van der Waals surface area contributed by atoms with Crippen LogP contribution in [0.15, 0.2) is 17.8 Å². The van der Waals surface area contributed by atoms with E-state index >= 15 is 0 Å². The van der Waals surface area contributed by atoms with Gasteiger partial charge < -0.3 is 0 Å². The Hall–Kier alpha value is -0.830. The first-order chi connectivity index (χ1) is 4.85. The largest absolute Gasteiger partial charge is 0.274 e. The van der Waals surface area contributed by atoms with Gasteiger partial charge in [0.25, 0.3) is 0 Å². The van der Waals surface area contributed by atoms with Gasteiger partial charge in [0.2, 0.25) is 0 Å². The van der Waals surface area contributed by atoms with E-state index in [1.807, 2.05) is 13.0 Å². The molecule has 0 aliphatic heterocycles. The van der Waals surface area contributed by atoms with E-state index < -0.39 is 0 Å². The summed E-state index contributed by atoms with van der Waals surface area (Å²) in [4.78, 5) is 0. The van der Waals surface area contributed by atoms with E-state index in [9.17, 15) is 0 Å². The highest BCUT2D eigenvalue weighted by Gasteiger charge is 1.92. The van der Waals surface area contributed by atoms with Crippen LogP contribution in [0.25, 0.3) is 0 Å². The second-order valence-corrected chi connectivity index (χ2v) is 1.96. The molecule has 0 aromatic heterocycles. The molecular formula is C7H14N2O. The van der Waals surface area contributed by atoms with Crippen LogP contribution < -0.4 is 5.59 Å². The topological polar surface area (TPSA) is 44.6 Å². The normalized spacial score (nSPS) is 11.2. The summed E-state index contributed by atoms with van der Waals surface area (Å²) in [6.45, 7) is 5.59. The lowest BCUT2D eigenvalue weighted by molar-refractivity contribution is 0.171. The number of hydrogen-bond donors (Lipinski definition) is 2. The molecule has 0 bridgehead atoms. The molecule has 3 heteroatoms. The lowest BCUT2D eigenvalue weighted by Gasteiger charge is -1.98. The number of rotatable bonds is 5. The van der Waals surface area contributed by atoms with Gasteiger partial charge >= 0.3 is 0 Å². The van der Waals surface area contributed by atoms with Crippen molar-refractivity contribution in [3.05, 3.63) is 12.7 Å². The number of nitrogens with one attached hydrogen (secondary N) is 1. The monoisotopic (exact) mass is 142 g/mol. The second kappa shape index (κ2) is 6.29. The molecule has 0 spiro atoms. The van der Waals surface area contributed by atoms with E-state index in [0.29, 0.717) is 0 Å². The van der Waals surface area contributed by atoms with Crippen molar-refractivity contribution in [2.24, 2.45) is 5.10 Å². The van der Waals surface area contributed by atoms with Crippen LogP contribution in [0.5, 0.6) is 0 Å². The summed E-state index contributed by atoms with van der Waals surface area (Å²) >= 11 is 0. The standard InChI is InChI=1S/C7H14N2O/c1-3-5-6-7(4-2)8-9-10/h3,9-10H,1,4-6H2,2H3/b8-7+. The third kappa shape index (κ3) is 4.09. The highest BCUT2D eigenvalue weighted by atomic mass is 16.5. The summed E-state index contributed by atoms with van der Waals surface area (Å²) in [5.74, 6) is 0. The van der Waals surface area contributed by atoms with Crippen LogP contribution in [-0.2, 0) is 0 Å². The number of hydrazone groups is 1. The van der Waals surface area contributed by atoms with Gasteiger partial charge in [0.05, 0.1) is 0 Å². The average Bonchev–Trinajstić information content (AvgIpc) is 1.98. The Labute approximate surface area is 61.4 Å². The quantitative estimate of drug-likeness (QED) is 0.348. The first-order valence-electron chi connectivity index (χ1n) is 3.40. The minimum atomic E-state index is 0.862. The highest BCUT2D eigenvalue weighted by molar-refractivity contribution is 5.83. The Morgan fingerprint density at radius 1 is 1.80 bits per heavy atom. The molecule has 0 saturated carbocycles. The molecule has 0 radical (unpaired) electrons. The van der Waals surface area contributed by atoms with Gasteiger partial charge in [-0.2, -0.15) is 10.7 Å². The predicted molar refractivity (Wildman–Crippen MR) is 42.1 cm³/mol. The molecule has 0 saturated heterocycles. The average molecular weight is 142 g/mol. The Bertz CT molecular complexity index is 121. The van der Waals surface area contributed by atoms with E-state index in [4.69, 9.17) is 5.21 Å². The van der Waals surface area contributed by atoms with Crippen molar-refractivity contribution in [2.45, 2.75) is 26.2 Å². The van der Waals surface area contributed by atoms with Crippen molar-refractivity contribution < 1.29 is 5.21 Å². The molecule has 0 amide bonds. The summed E-state index contributed by atoms with van der Waals surface area (Å²) < 4.78 is 0. The molecule has 0 aromatic rings. The lowest BCUT2D eigenvalue weighted by Crippen LogP contribution is -2.04. The molecule has 0 unspecified atom stereocenters. The second-order valence-electron chi connectivity index (χ2n) is 1.96. The zero-order chi connectivity index (χ0) is 7.82. The molecule has 0 fully saturated rings. The van der Waals surface area contributed by atoms with Crippen LogP contribution in [0.1, 0.15) is 26.2 Å². The molecule has 0 atom stereocenters. The fourth-order valence-electron chi connectivity index (χ4n) is 0.651. The molecule has 0 heterocycles. The Kier molecular flexibility index (Phi) is 5.77. The van der Waals surface area contributed by atoms with E-state index in [-0.39, 0.29) is 0 Å². The van der Waals surface area contributed by atoms with Crippen molar-refractivity contribution in [3.8, 4) is 0 Å². The SMILES string of the molecule is C=CCC/C(CC)=N/NO. The Morgan fingerprint density at radius 2 is 2.50 bits per heavy atom. The minimum Gasteiger partial charge on any atom is -0.274 e. The third-order valence-electron chi connectivity index (χ3n) is 1.25. The number of nitrogens with zero attached hydrogens (tertiary/aromatic N) is 1. The predicted octanol–water partition coefficient (Wildman–Crippen LogP) is 1.70. The van der Waals surface area contributed by atoms with E-state index in [2.05, 4.69) is 11.7 Å². The van der Waals surface area contributed by atoms with Gasteiger partial charge in [-0.3, -0.25) is 5.21 Å². The first-order valence-corrected chi connectivity index (χ1v) is 3.40. The summed E-state index contributed by atoms with van der Waals surface area (Å²) in [5.41, 5.74) is 2.74. The van der Waals surface area contributed by atoms with Crippen molar-refractivity contribution >= 4 is 5.71 Å². The first kappa shape index (κ1) is 9.17. The van der Waals surface area contributed by atoms with Crippen molar-refractivity contribution in [1.29, 1.82) is 0 Å². The molecule has 0 aliphatic carbocycles. The van der Waals surface area contributed by atoms with Gasteiger partial charge in [-0.05, 0) is 19.3 Å². The van der Waals surface area contributed by atoms with Crippen molar-refractivity contribution in [3.63, 3.8) is 0 Å². The van der Waals surface area contributed by atoms with Crippen LogP contribution in [-0.4, -0.2) is 10.9 Å². The third-order valence-corrected chi connectivity index (χ3v) is 1.25. The fraction of sp³-hybridized carbons (Fsp3) is 0.571. The zero-order valence-corrected chi connectivity index (χ0v) is 6.30. The molecule has 10 heavy (non-hydrogen) atoms. The summed E-state index contributed by atoms with van der Waals surface area (Å²) in [5, 5.41) is 11.9. The van der Waals surface area contributed by atoms with Gasteiger partial charge in [0.15, 0.2) is 0 Å². The lowest BCUT2D eigenvalue weighted by atomic mass is 10.2. The molecule has 0 aliphatic rings. The fourth-order valence-corrected chi connectivity index (χ4v) is 0.651. The van der Waals surface area contributed by atoms with Crippen LogP contribution in [0.2, 0.25) is 0 Å². The number of hydrogen-bond acceptors (Lipinski definition) is 3. The molecule has 3 nitrogen and oxygen atoms in total. The van der Waals surface area contributed by atoms with Gasteiger partial charge in [0.1, 0.15) is 0 Å². The van der Waals surface area contributed by atoms with Crippen molar-refractivity contribution in [1.82, 2.24) is 5.59 Å². The van der Waals surface area contributed by atoms with Gasteiger partial charge in [0, 0.05) is 5.71 Å². The summed E-state index contributed by atoms with van der Waals surface area (Å²) in [6.07, 6.45) is 4.48. The van der Waals surface area contributed by atoms with Gasteiger partial charge in [-0.1, -0.05) is 13.0 Å². The van der Waals surface area contributed by atoms with Crippen LogP contribution in [0.3, 0.4) is 0 Å². The Balaban J connectivity index is 3.59. The van der Waals surface area contributed by atoms with E-state index in [0.717, 1.165) is 25.0 Å². The number of allylic oxidation sites excluding steroid dienone is 1. The molecule has 2 N–H and O–H groups in total. The van der Waals surface area contributed by atoms with Crippen LogP contribution in [0.4, 0.5) is 0 Å². The summed E-state index contributed by atoms with van der Waals surface area (Å²) in [6, 6.07) is 0. The molecular weight excluding hydrogens is 128 g/mol. The minimum absolute atomic E-state index is 0.862. The Morgan fingerprint density at radius 3 is 2.90 bits per heavy atom. The summed E-state index contributed by atoms with van der Waals surface area (Å²) in [7, 11) is 0. The maximum absolute atomic E-state index is 8.20. The van der Waals surface area contributed by atoms with Gasteiger partial charge in [-0.25, -0.2) is 0 Å². The highest BCUT2D eigenvalue weighted by Crippen LogP contribution is 1.96. The maximum atomic E-state index is 8.20. The maximum Gasteiger partial charge on any atom is 0.0403 e. The molecule has 58 valence electrons. The van der Waals surface area contributed by atoms with Crippen LogP contribution >= 0.6 is 0 Å². The molecule has 0 aromatic carbocycles. The van der Waals surface area contributed by atoms with Crippen molar-refractivity contribution in [2.75, 3.05) is 0 Å². The van der Waals surface area contributed by atoms with E-state index in [1.165, 1.54) is 0 Å². The van der Waals surface area contributed by atoms with E-state index in [1.54, 1.807) is 5.59 Å². The van der Waals surface area contributed by atoms with Gasteiger partial charge in [-0.15, -0.1) is 6.58 Å².